The van der Waals surface area contributed by atoms with E-state index < -0.39 is 38.8 Å². The minimum absolute atomic E-state index is 0.0333. The van der Waals surface area contributed by atoms with E-state index in [1.165, 1.54) is 38.2 Å². The van der Waals surface area contributed by atoms with Crippen LogP contribution in [0.25, 0.3) is 0 Å². The molecular formula is C19H19ClN6O8. The van der Waals surface area contributed by atoms with Crippen molar-refractivity contribution in [3.05, 3.63) is 49.5 Å². The van der Waals surface area contributed by atoms with Crippen LogP contribution in [0.2, 0.25) is 5.02 Å². The zero-order valence-electron chi connectivity index (χ0n) is 18.4. The molecule has 0 unspecified atom stereocenters. The summed E-state index contributed by atoms with van der Waals surface area (Å²) in [6.07, 6.45) is 0. The summed E-state index contributed by atoms with van der Waals surface area (Å²) in [5, 5.41) is 32.4. The van der Waals surface area contributed by atoms with Crippen LogP contribution in [-0.2, 0) is 14.3 Å². The molecule has 0 heterocycles. The van der Waals surface area contributed by atoms with Gasteiger partial charge in [0.2, 0.25) is 5.91 Å². The molecule has 0 aliphatic rings. The first-order valence-electron chi connectivity index (χ1n) is 9.30. The normalized spacial score (nSPS) is 10.6. The summed E-state index contributed by atoms with van der Waals surface area (Å²) in [4.78, 5) is 45.6. The Morgan fingerprint density at radius 1 is 1.12 bits per heavy atom. The number of azo groups is 1. The number of nitrogens with zero attached hydrogens (tertiary/aromatic N) is 5. The van der Waals surface area contributed by atoms with Crippen molar-refractivity contribution in [2.75, 3.05) is 38.0 Å². The van der Waals surface area contributed by atoms with Gasteiger partial charge in [-0.05, 0) is 6.07 Å². The molecule has 0 aromatic heterocycles. The summed E-state index contributed by atoms with van der Waals surface area (Å²) < 4.78 is 10.00. The summed E-state index contributed by atoms with van der Waals surface area (Å²) in [7, 11) is 4.19. The maximum Gasteiger partial charge on any atom is 0.325 e. The topological polar surface area (TPSA) is 179 Å². The fourth-order valence-electron chi connectivity index (χ4n) is 2.75. The molecule has 14 nitrogen and oxygen atoms in total. The van der Waals surface area contributed by atoms with E-state index in [9.17, 15) is 29.8 Å². The molecule has 15 heteroatoms. The lowest BCUT2D eigenvalue weighted by atomic mass is 10.2. The van der Waals surface area contributed by atoms with Gasteiger partial charge in [0.1, 0.15) is 18.0 Å². The SMILES string of the molecule is COC(=O)CN(C)c1cc(NC(C)=O)c(N=Nc2c(Cl)cc([N+](=O)[O-])cc2[N+](=O)[O-])cc1OC. The highest BCUT2D eigenvalue weighted by Crippen LogP contribution is 2.42. The molecule has 1 N–H and O–H groups in total. The average molecular weight is 495 g/mol. The standard InChI is InChI=1S/C19H19ClN6O8/c1-10(27)21-13-7-15(24(2)9-18(28)34-4)17(33-3)8-14(13)22-23-19-12(20)5-11(25(29)30)6-16(19)26(31)32/h5-8H,9H2,1-4H3,(H,21,27). The number of nitro groups is 2. The molecule has 0 aliphatic carbocycles. The van der Waals surface area contributed by atoms with Crippen molar-refractivity contribution in [3.63, 3.8) is 0 Å². The number of hydrogen-bond acceptors (Lipinski definition) is 11. The molecule has 0 fully saturated rings. The molecule has 34 heavy (non-hydrogen) atoms. The second-order valence-electron chi connectivity index (χ2n) is 6.66. The van der Waals surface area contributed by atoms with Crippen molar-refractivity contribution < 1.29 is 28.9 Å². The van der Waals surface area contributed by atoms with E-state index in [0.29, 0.717) is 11.8 Å². The Hall–Kier alpha value is -4.33. The maximum atomic E-state index is 11.7. The predicted octanol–water partition coefficient (Wildman–Crippen LogP) is 4.15. The molecule has 0 aliphatic heterocycles. The Kier molecular flexibility index (Phi) is 8.39. The molecule has 2 rings (SSSR count). The molecular weight excluding hydrogens is 476 g/mol. The number of likely N-dealkylation sites (N-methyl/N-ethyl adjacent to an activating group) is 1. The van der Waals surface area contributed by atoms with Crippen LogP contribution in [0.3, 0.4) is 0 Å². The van der Waals surface area contributed by atoms with Crippen LogP contribution in [0.4, 0.5) is 34.1 Å². The van der Waals surface area contributed by atoms with Gasteiger partial charge in [-0.3, -0.25) is 29.8 Å². The van der Waals surface area contributed by atoms with Gasteiger partial charge in [-0.2, -0.15) is 0 Å². The first-order chi connectivity index (χ1) is 16.0. The van der Waals surface area contributed by atoms with E-state index in [2.05, 4.69) is 20.3 Å². The number of nitrogens with one attached hydrogen (secondary N) is 1. The minimum Gasteiger partial charge on any atom is -0.494 e. The van der Waals surface area contributed by atoms with Crippen LogP contribution in [0.15, 0.2) is 34.5 Å². The molecule has 0 atom stereocenters. The number of nitro benzene ring substituents is 2. The highest BCUT2D eigenvalue weighted by Gasteiger charge is 2.24. The summed E-state index contributed by atoms with van der Waals surface area (Å²) in [5.41, 5.74) is -1.16. The molecule has 2 aromatic rings. The van der Waals surface area contributed by atoms with Crippen molar-refractivity contribution in [1.82, 2.24) is 0 Å². The number of anilines is 2. The number of halogens is 1. The van der Waals surface area contributed by atoms with Gasteiger partial charge in [0.25, 0.3) is 5.69 Å². The number of methoxy groups -OCH3 is 2. The van der Waals surface area contributed by atoms with Gasteiger partial charge in [0.15, 0.2) is 5.69 Å². The zero-order valence-corrected chi connectivity index (χ0v) is 19.2. The van der Waals surface area contributed by atoms with Crippen LogP contribution in [0, 0.1) is 20.2 Å². The second-order valence-corrected chi connectivity index (χ2v) is 7.07. The molecule has 0 bridgehead atoms. The summed E-state index contributed by atoms with van der Waals surface area (Å²) in [5.74, 6) is -0.740. The molecule has 1 amide bonds. The predicted molar refractivity (Wildman–Crippen MR) is 122 cm³/mol. The average Bonchev–Trinajstić information content (AvgIpc) is 2.77. The number of carbonyl (C=O) groups excluding carboxylic acids is 2. The van der Waals surface area contributed by atoms with Gasteiger partial charge in [-0.1, -0.05) is 11.6 Å². The van der Waals surface area contributed by atoms with Gasteiger partial charge in [0, 0.05) is 26.1 Å². The van der Waals surface area contributed by atoms with E-state index >= 15 is 0 Å². The second kappa shape index (κ2) is 11.0. The monoisotopic (exact) mass is 494 g/mol. The Bertz CT molecular complexity index is 1190. The van der Waals surface area contributed by atoms with Gasteiger partial charge in [-0.15, -0.1) is 10.2 Å². The number of rotatable bonds is 9. The van der Waals surface area contributed by atoms with Crippen molar-refractivity contribution in [2.24, 2.45) is 10.2 Å². The number of carbonyl (C=O) groups is 2. The lowest BCUT2D eigenvalue weighted by molar-refractivity contribution is -0.393. The summed E-state index contributed by atoms with van der Waals surface area (Å²) >= 11 is 5.99. The van der Waals surface area contributed by atoms with Crippen molar-refractivity contribution in [1.29, 1.82) is 0 Å². The number of hydrogen-bond donors (Lipinski definition) is 1. The van der Waals surface area contributed by atoms with Crippen molar-refractivity contribution >= 4 is 57.6 Å². The van der Waals surface area contributed by atoms with E-state index in [-0.39, 0.29) is 28.7 Å². The lowest BCUT2D eigenvalue weighted by Gasteiger charge is -2.22. The first-order valence-corrected chi connectivity index (χ1v) is 9.67. The van der Waals surface area contributed by atoms with Gasteiger partial charge in [0.05, 0.1) is 46.5 Å². The number of non-ortho nitro benzene ring substituents is 1. The van der Waals surface area contributed by atoms with E-state index in [4.69, 9.17) is 16.3 Å². The molecule has 0 saturated carbocycles. The fraction of sp³-hybridized carbons (Fsp3) is 0.263. The Morgan fingerprint density at radius 2 is 1.79 bits per heavy atom. The van der Waals surface area contributed by atoms with Crippen LogP contribution < -0.4 is 15.0 Å². The maximum absolute atomic E-state index is 11.7. The zero-order chi connectivity index (χ0) is 25.6. The first kappa shape index (κ1) is 25.9. The van der Waals surface area contributed by atoms with Gasteiger partial charge in [-0.25, -0.2) is 0 Å². The van der Waals surface area contributed by atoms with Crippen molar-refractivity contribution in [3.8, 4) is 5.75 Å². The van der Waals surface area contributed by atoms with Gasteiger partial charge >= 0.3 is 11.7 Å². The quantitative estimate of drug-likeness (QED) is 0.232. The fourth-order valence-corrected chi connectivity index (χ4v) is 3.00. The number of esters is 1. The number of ether oxygens (including phenoxy) is 2. The molecule has 0 saturated heterocycles. The summed E-state index contributed by atoms with van der Waals surface area (Å²) in [6, 6.07) is 4.45. The highest BCUT2D eigenvalue weighted by molar-refractivity contribution is 6.33. The molecule has 180 valence electrons. The number of amides is 1. The smallest absolute Gasteiger partial charge is 0.325 e. The van der Waals surface area contributed by atoms with Crippen LogP contribution in [0.5, 0.6) is 5.75 Å². The van der Waals surface area contributed by atoms with Crippen LogP contribution >= 0.6 is 11.6 Å². The third-order valence-electron chi connectivity index (χ3n) is 4.31. The highest BCUT2D eigenvalue weighted by atomic mass is 35.5. The van der Waals surface area contributed by atoms with Crippen molar-refractivity contribution in [2.45, 2.75) is 6.92 Å². The van der Waals surface area contributed by atoms with Crippen LogP contribution in [-0.4, -0.2) is 49.5 Å². The third-order valence-corrected chi connectivity index (χ3v) is 4.59. The third kappa shape index (κ3) is 6.13. The summed E-state index contributed by atoms with van der Waals surface area (Å²) in [6.45, 7) is 1.12. The Balaban J connectivity index is 2.63. The van der Waals surface area contributed by atoms with E-state index in [0.717, 1.165) is 6.07 Å². The molecule has 0 spiro atoms. The van der Waals surface area contributed by atoms with Gasteiger partial charge < -0.3 is 19.7 Å². The minimum atomic E-state index is -0.882. The lowest BCUT2D eigenvalue weighted by Crippen LogP contribution is -2.26. The van der Waals surface area contributed by atoms with Crippen LogP contribution in [0.1, 0.15) is 6.92 Å². The van der Waals surface area contributed by atoms with E-state index in [1.807, 2.05) is 0 Å². The largest absolute Gasteiger partial charge is 0.494 e. The Labute approximate surface area is 197 Å². The molecule has 0 radical (unpaired) electrons. The molecule has 2 aromatic carbocycles. The van der Waals surface area contributed by atoms with E-state index in [1.54, 1.807) is 7.05 Å². The Morgan fingerprint density at radius 3 is 2.32 bits per heavy atom. The number of benzene rings is 2.